The number of nitrogens with zero attached hydrogens (tertiary/aromatic N) is 1. The second-order valence-electron chi connectivity index (χ2n) is 7.56. The largest absolute Gasteiger partial charge is 0.497 e. The molecule has 3 rings (SSSR count). The number of aliphatic imine (C=N–C) groups is 1. The highest BCUT2D eigenvalue weighted by molar-refractivity contribution is 14.0. The Hall–Kier alpha value is -1.06. The number of rotatable bonds is 8. The lowest BCUT2D eigenvalue weighted by atomic mass is 9.84. The van der Waals surface area contributed by atoms with Crippen molar-refractivity contribution in [2.45, 2.75) is 31.1 Å². The van der Waals surface area contributed by atoms with Crippen LogP contribution in [0.1, 0.15) is 31.2 Å². The number of benzene rings is 1. The van der Waals surface area contributed by atoms with Crippen LogP contribution >= 0.6 is 24.0 Å². The molecule has 1 saturated heterocycles. The Morgan fingerprint density at radius 1 is 1.19 bits per heavy atom. The molecule has 1 aromatic rings. The second-order valence-corrected chi connectivity index (χ2v) is 7.56. The zero-order valence-corrected chi connectivity index (χ0v) is 18.6. The van der Waals surface area contributed by atoms with Gasteiger partial charge in [-0.05, 0) is 43.4 Å². The fourth-order valence-electron chi connectivity index (χ4n) is 3.72. The van der Waals surface area contributed by atoms with Gasteiger partial charge in [0.15, 0.2) is 5.96 Å². The number of nitrogens with one attached hydrogen (secondary N) is 2. The molecule has 0 aromatic heterocycles. The predicted octanol–water partition coefficient (Wildman–Crippen LogP) is 2.30. The van der Waals surface area contributed by atoms with Gasteiger partial charge in [-0.25, -0.2) is 0 Å². The summed E-state index contributed by atoms with van der Waals surface area (Å²) >= 11 is 0. The average molecular weight is 489 g/mol. The number of halogens is 1. The second kappa shape index (κ2) is 9.93. The first kappa shape index (κ1) is 22.2. The third-order valence-corrected chi connectivity index (χ3v) is 5.83. The third-order valence-electron chi connectivity index (χ3n) is 5.83. The first-order valence-corrected chi connectivity index (χ1v) is 9.43. The summed E-state index contributed by atoms with van der Waals surface area (Å²) in [7, 11) is 3.49. The molecule has 2 aliphatic rings. The van der Waals surface area contributed by atoms with E-state index < -0.39 is 0 Å². The Labute approximate surface area is 179 Å². The number of ether oxygens (including phenoxy) is 2. The molecular formula is C20H32IN3O3. The van der Waals surface area contributed by atoms with Gasteiger partial charge < -0.3 is 25.2 Å². The maximum Gasteiger partial charge on any atom is 0.191 e. The van der Waals surface area contributed by atoms with Crippen LogP contribution in [-0.4, -0.2) is 58.1 Å². The van der Waals surface area contributed by atoms with Crippen molar-refractivity contribution in [3.63, 3.8) is 0 Å². The highest BCUT2D eigenvalue weighted by atomic mass is 127. The van der Waals surface area contributed by atoms with E-state index in [2.05, 4.69) is 27.8 Å². The monoisotopic (exact) mass is 489 g/mol. The molecule has 0 spiro atoms. The molecule has 1 heterocycles. The summed E-state index contributed by atoms with van der Waals surface area (Å²) in [6, 6.07) is 8.38. The molecule has 0 radical (unpaired) electrons. The molecule has 7 heteroatoms. The minimum Gasteiger partial charge on any atom is -0.497 e. The molecule has 1 aromatic carbocycles. The summed E-state index contributed by atoms with van der Waals surface area (Å²) in [4.78, 5) is 4.36. The van der Waals surface area contributed by atoms with Gasteiger partial charge in [-0.1, -0.05) is 12.1 Å². The zero-order valence-electron chi connectivity index (χ0n) is 16.3. The van der Waals surface area contributed by atoms with Crippen LogP contribution in [0.15, 0.2) is 29.3 Å². The van der Waals surface area contributed by atoms with Gasteiger partial charge >= 0.3 is 0 Å². The summed E-state index contributed by atoms with van der Waals surface area (Å²) in [6.07, 6.45) is 4.11. The van der Waals surface area contributed by atoms with Crippen LogP contribution in [0, 0.1) is 5.41 Å². The van der Waals surface area contributed by atoms with Gasteiger partial charge in [-0.15, -0.1) is 24.0 Å². The Kier molecular flexibility index (Phi) is 8.18. The Morgan fingerprint density at radius 2 is 1.89 bits per heavy atom. The molecule has 0 amide bonds. The van der Waals surface area contributed by atoms with Crippen LogP contribution in [0.3, 0.4) is 0 Å². The quantitative estimate of drug-likeness (QED) is 0.297. The fraction of sp³-hybridized carbons (Fsp3) is 0.650. The first-order chi connectivity index (χ1) is 12.7. The van der Waals surface area contributed by atoms with Crippen molar-refractivity contribution in [2.24, 2.45) is 10.4 Å². The van der Waals surface area contributed by atoms with Crippen LogP contribution in [0.25, 0.3) is 0 Å². The molecule has 0 bridgehead atoms. The molecule has 1 atom stereocenters. The molecule has 1 saturated carbocycles. The van der Waals surface area contributed by atoms with Crippen molar-refractivity contribution in [1.29, 1.82) is 0 Å². The van der Waals surface area contributed by atoms with Crippen LogP contribution < -0.4 is 15.4 Å². The first-order valence-electron chi connectivity index (χ1n) is 9.43. The molecule has 1 aliphatic heterocycles. The summed E-state index contributed by atoms with van der Waals surface area (Å²) in [5.74, 6) is 1.71. The van der Waals surface area contributed by atoms with Crippen molar-refractivity contribution in [2.75, 3.05) is 47.1 Å². The van der Waals surface area contributed by atoms with Crippen molar-refractivity contribution in [1.82, 2.24) is 10.6 Å². The normalized spacial score (nSPS) is 23.4. The van der Waals surface area contributed by atoms with Gasteiger partial charge in [0.05, 0.1) is 13.7 Å². The van der Waals surface area contributed by atoms with E-state index in [1.807, 2.05) is 12.1 Å². The van der Waals surface area contributed by atoms with Crippen molar-refractivity contribution < 1.29 is 14.6 Å². The van der Waals surface area contributed by atoms with E-state index in [-0.39, 0.29) is 41.4 Å². The maximum atomic E-state index is 9.36. The fourth-order valence-corrected chi connectivity index (χ4v) is 3.72. The number of hydrogen-bond acceptors (Lipinski definition) is 4. The minimum absolute atomic E-state index is 0. The lowest BCUT2D eigenvalue weighted by Gasteiger charge is -2.28. The van der Waals surface area contributed by atoms with Gasteiger partial charge in [0.1, 0.15) is 5.75 Å². The molecule has 1 unspecified atom stereocenters. The number of hydrogen-bond donors (Lipinski definition) is 3. The van der Waals surface area contributed by atoms with Crippen LogP contribution in [0.4, 0.5) is 0 Å². The average Bonchev–Trinajstić information content (AvgIpc) is 3.33. The summed E-state index contributed by atoms with van der Waals surface area (Å²) in [5.41, 5.74) is 1.56. The Balaban J connectivity index is 0.00000261. The lowest BCUT2D eigenvalue weighted by molar-refractivity contribution is 0.127. The molecular weight excluding hydrogens is 457 g/mol. The maximum absolute atomic E-state index is 9.36. The van der Waals surface area contributed by atoms with Gasteiger partial charge in [0.2, 0.25) is 0 Å². The SMILES string of the molecule is CN=C(NCC1(CCO)CCOC1)NCC1(c2ccc(OC)cc2)CC1.I. The van der Waals surface area contributed by atoms with Crippen molar-refractivity contribution in [3.8, 4) is 5.75 Å². The van der Waals surface area contributed by atoms with Crippen LogP contribution in [0.5, 0.6) is 5.75 Å². The summed E-state index contributed by atoms with van der Waals surface area (Å²) in [5, 5.41) is 16.3. The minimum atomic E-state index is 0. The Bertz CT molecular complexity index is 611. The van der Waals surface area contributed by atoms with Gasteiger partial charge in [-0.2, -0.15) is 0 Å². The van der Waals surface area contributed by atoms with E-state index in [1.165, 1.54) is 18.4 Å². The van der Waals surface area contributed by atoms with E-state index in [0.717, 1.165) is 44.2 Å². The number of methoxy groups -OCH3 is 1. The molecule has 27 heavy (non-hydrogen) atoms. The van der Waals surface area contributed by atoms with Crippen molar-refractivity contribution >= 4 is 29.9 Å². The van der Waals surface area contributed by atoms with Gasteiger partial charge in [0, 0.05) is 44.2 Å². The lowest BCUT2D eigenvalue weighted by Crippen LogP contribution is -2.46. The van der Waals surface area contributed by atoms with Crippen LogP contribution in [0.2, 0.25) is 0 Å². The van der Waals surface area contributed by atoms with E-state index in [1.54, 1.807) is 14.2 Å². The highest BCUT2D eigenvalue weighted by Gasteiger charge is 2.44. The number of aliphatic hydroxyl groups is 1. The van der Waals surface area contributed by atoms with Crippen LogP contribution in [-0.2, 0) is 10.2 Å². The van der Waals surface area contributed by atoms with Gasteiger partial charge in [-0.3, -0.25) is 4.99 Å². The topological polar surface area (TPSA) is 75.1 Å². The predicted molar refractivity (Wildman–Crippen MR) is 118 cm³/mol. The van der Waals surface area contributed by atoms with E-state index in [9.17, 15) is 5.11 Å². The van der Waals surface area contributed by atoms with E-state index in [4.69, 9.17) is 9.47 Å². The molecule has 152 valence electrons. The van der Waals surface area contributed by atoms with Gasteiger partial charge in [0.25, 0.3) is 0 Å². The standard InChI is InChI=1S/C20H31N3O3.HI/c1-21-18(22-13-19(9-11-24)10-12-26-15-19)23-14-20(7-8-20)16-3-5-17(25-2)6-4-16;/h3-6,24H,7-15H2,1-2H3,(H2,21,22,23);1H. The van der Waals surface area contributed by atoms with E-state index >= 15 is 0 Å². The van der Waals surface area contributed by atoms with E-state index in [0.29, 0.717) is 6.61 Å². The molecule has 3 N–H and O–H groups in total. The molecule has 1 aliphatic carbocycles. The summed E-state index contributed by atoms with van der Waals surface area (Å²) < 4.78 is 10.8. The summed E-state index contributed by atoms with van der Waals surface area (Å²) in [6.45, 7) is 3.30. The smallest absolute Gasteiger partial charge is 0.191 e. The molecule has 2 fully saturated rings. The molecule has 6 nitrogen and oxygen atoms in total. The Morgan fingerprint density at radius 3 is 2.41 bits per heavy atom. The number of guanidine groups is 1. The van der Waals surface area contributed by atoms with Crippen molar-refractivity contribution in [3.05, 3.63) is 29.8 Å². The zero-order chi connectivity index (χ0) is 18.5. The number of aliphatic hydroxyl groups excluding tert-OH is 1. The third kappa shape index (κ3) is 5.48. The highest BCUT2D eigenvalue weighted by Crippen LogP contribution is 2.47.